The van der Waals surface area contributed by atoms with Gasteiger partial charge in [-0.1, -0.05) is 18.5 Å². The highest BCUT2D eigenvalue weighted by molar-refractivity contribution is 6.20. The van der Waals surface area contributed by atoms with Crippen molar-refractivity contribution in [2.45, 2.75) is 70.1 Å². The van der Waals surface area contributed by atoms with Gasteiger partial charge in [0.05, 0.1) is 5.38 Å². The van der Waals surface area contributed by atoms with Gasteiger partial charge in [-0.3, -0.25) is 0 Å². The van der Waals surface area contributed by atoms with Crippen LogP contribution in [0.25, 0.3) is 0 Å². The highest BCUT2D eigenvalue weighted by Gasteiger charge is 2.51. The summed E-state index contributed by atoms with van der Waals surface area (Å²) in [5.74, 6) is 4.44. The van der Waals surface area contributed by atoms with Crippen LogP contribution in [0, 0.1) is 23.2 Å². The minimum atomic E-state index is -0.0936. The molecule has 0 aliphatic heterocycles. The molecule has 5 rings (SSSR count). The highest BCUT2D eigenvalue weighted by atomic mass is 35.5. The fourth-order valence-electron chi connectivity index (χ4n) is 5.68. The van der Waals surface area contributed by atoms with Crippen LogP contribution in [0.2, 0.25) is 0 Å². The van der Waals surface area contributed by atoms with Gasteiger partial charge in [-0.15, -0.1) is 11.6 Å². The van der Waals surface area contributed by atoms with Crippen molar-refractivity contribution in [2.24, 2.45) is 23.2 Å². The maximum atomic E-state index is 6.31. The molecule has 0 aromatic carbocycles. The Balaban J connectivity index is 1.48. The second-order valence-corrected chi connectivity index (χ2v) is 8.42. The number of nitrogens with zero attached hydrogens (tertiary/aromatic N) is 2. The van der Waals surface area contributed by atoms with E-state index in [-0.39, 0.29) is 5.38 Å². The summed E-state index contributed by atoms with van der Waals surface area (Å²) in [5, 5.41) is 4.02. The molecule has 1 atom stereocenters. The summed E-state index contributed by atoms with van der Waals surface area (Å²) >= 11 is 6.31. The Morgan fingerprint density at radius 3 is 2.38 bits per heavy atom. The zero-order chi connectivity index (χ0) is 14.4. The molecule has 4 heteroatoms. The summed E-state index contributed by atoms with van der Waals surface area (Å²) in [5.41, 5.74) is 0.463. The Hall–Kier alpha value is -0.570. The summed E-state index contributed by atoms with van der Waals surface area (Å²) in [6, 6.07) is 0. The van der Waals surface area contributed by atoms with Gasteiger partial charge in [0.2, 0.25) is 5.89 Å². The first-order valence-electron chi connectivity index (χ1n) is 8.62. The second-order valence-electron chi connectivity index (χ2n) is 7.90. The number of aromatic nitrogens is 2. The second kappa shape index (κ2) is 5.26. The Labute approximate surface area is 131 Å². The lowest BCUT2D eigenvalue weighted by Crippen LogP contribution is -2.47. The number of hydrogen-bond donors (Lipinski definition) is 0. The van der Waals surface area contributed by atoms with Crippen molar-refractivity contribution < 1.29 is 4.52 Å². The van der Waals surface area contributed by atoms with Crippen LogP contribution in [0.1, 0.15) is 75.4 Å². The van der Waals surface area contributed by atoms with Crippen LogP contribution in [0.3, 0.4) is 0 Å². The summed E-state index contributed by atoms with van der Waals surface area (Å²) in [4.78, 5) is 4.60. The molecule has 1 heterocycles. The maximum absolute atomic E-state index is 6.31. The fraction of sp³-hybridized carbons (Fsp3) is 0.882. The van der Waals surface area contributed by atoms with Gasteiger partial charge in [0, 0.05) is 6.42 Å². The molecule has 4 bridgehead atoms. The van der Waals surface area contributed by atoms with Crippen LogP contribution in [0.5, 0.6) is 0 Å². The minimum Gasteiger partial charge on any atom is -0.339 e. The van der Waals surface area contributed by atoms with Crippen LogP contribution in [-0.4, -0.2) is 10.1 Å². The summed E-state index contributed by atoms with van der Waals surface area (Å²) < 4.78 is 5.53. The van der Waals surface area contributed by atoms with Crippen molar-refractivity contribution >= 4 is 11.6 Å². The van der Waals surface area contributed by atoms with E-state index in [0.717, 1.165) is 42.9 Å². The number of halogens is 1. The standard InChI is InChI=1S/C17H25ClN2O/c1-2-3-14(18)16-19-15(21-20-16)10-17-7-11-4-12(8-17)6-13(5-11)9-17/h11-14H,2-10H2,1H3. The molecule has 0 spiro atoms. The Bertz CT molecular complexity index is 477. The van der Waals surface area contributed by atoms with Crippen LogP contribution in [0.15, 0.2) is 4.52 Å². The molecule has 4 fully saturated rings. The molecule has 0 radical (unpaired) electrons. The number of alkyl halides is 1. The molecule has 0 saturated heterocycles. The van der Waals surface area contributed by atoms with E-state index in [1.807, 2.05) is 0 Å². The van der Waals surface area contributed by atoms with E-state index < -0.39 is 0 Å². The number of hydrogen-bond acceptors (Lipinski definition) is 3. The molecule has 0 N–H and O–H groups in total. The van der Waals surface area contributed by atoms with Crippen LogP contribution in [-0.2, 0) is 6.42 Å². The third-order valence-electron chi connectivity index (χ3n) is 6.00. The van der Waals surface area contributed by atoms with E-state index in [0.29, 0.717) is 11.2 Å². The molecule has 21 heavy (non-hydrogen) atoms. The average molecular weight is 309 g/mol. The minimum absolute atomic E-state index is 0.0936. The van der Waals surface area contributed by atoms with Crippen LogP contribution >= 0.6 is 11.6 Å². The molecule has 0 amide bonds. The molecule has 1 aromatic heterocycles. The van der Waals surface area contributed by atoms with Gasteiger partial charge in [-0.2, -0.15) is 4.98 Å². The lowest BCUT2D eigenvalue weighted by atomic mass is 9.49. The smallest absolute Gasteiger partial charge is 0.227 e. The van der Waals surface area contributed by atoms with Gasteiger partial charge in [-0.25, -0.2) is 0 Å². The Morgan fingerprint density at radius 1 is 1.19 bits per heavy atom. The third-order valence-corrected chi connectivity index (χ3v) is 6.41. The largest absolute Gasteiger partial charge is 0.339 e. The molecular weight excluding hydrogens is 284 g/mol. The van der Waals surface area contributed by atoms with Gasteiger partial charge in [-0.05, 0) is 68.1 Å². The topological polar surface area (TPSA) is 38.9 Å². The highest BCUT2D eigenvalue weighted by Crippen LogP contribution is 2.60. The van der Waals surface area contributed by atoms with E-state index in [4.69, 9.17) is 16.1 Å². The van der Waals surface area contributed by atoms with Crippen molar-refractivity contribution in [1.82, 2.24) is 10.1 Å². The molecule has 4 aliphatic carbocycles. The molecule has 1 unspecified atom stereocenters. The van der Waals surface area contributed by atoms with Gasteiger partial charge in [0.1, 0.15) is 0 Å². The van der Waals surface area contributed by atoms with Gasteiger partial charge in [0.15, 0.2) is 5.82 Å². The van der Waals surface area contributed by atoms with Crippen LogP contribution < -0.4 is 0 Å². The third kappa shape index (κ3) is 2.62. The Morgan fingerprint density at radius 2 is 1.81 bits per heavy atom. The predicted molar refractivity (Wildman–Crippen MR) is 82.1 cm³/mol. The molecule has 4 saturated carbocycles. The van der Waals surface area contributed by atoms with E-state index in [1.54, 1.807) is 0 Å². The normalized spacial score (nSPS) is 38.9. The molecule has 3 nitrogen and oxygen atoms in total. The molecule has 4 aliphatic rings. The lowest BCUT2D eigenvalue weighted by molar-refractivity contribution is -0.0556. The van der Waals surface area contributed by atoms with Crippen molar-refractivity contribution in [3.8, 4) is 0 Å². The van der Waals surface area contributed by atoms with Gasteiger partial charge in [0.25, 0.3) is 0 Å². The predicted octanol–water partition coefficient (Wildman–Crippen LogP) is 4.91. The lowest BCUT2D eigenvalue weighted by Gasteiger charge is -2.56. The summed E-state index contributed by atoms with van der Waals surface area (Å²) in [7, 11) is 0. The first kappa shape index (κ1) is 14.0. The quantitative estimate of drug-likeness (QED) is 0.726. The number of rotatable bonds is 5. The van der Waals surface area contributed by atoms with Crippen molar-refractivity contribution in [3.63, 3.8) is 0 Å². The summed E-state index contributed by atoms with van der Waals surface area (Å²) in [6.07, 6.45) is 11.5. The molecule has 1 aromatic rings. The van der Waals surface area contributed by atoms with Crippen molar-refractivity contribution in [2.75, 3.05) is 0 Å². The molecular formula is C17H25ClN2O. The maximum Gasteiger partial charge on any atom is 0.227 e. The SMILES string of the molecule is CCCC(Cl)c1noc(CC23CC4CC(CC(C4)C2)C3)n1. The zero-order valence-corrected chi connectivity index (χ0v) is 13.6. The average Bonchev–Trinajstić information content (AvgIpc) is 2.85. The Kier molecular flexibility index (Phi) is 3.52. The van der Waals surface area contributed by atoms with E-state index in [1.165, 1.54) is 38.5 Å². The monoisotopic (exact) mass is 308 g/mol. The van der Waals surface area contributed by atoms with Crippen molar-refractivity contribution in [1.29, 1.82) is 0 Å². The molecule has 116 valence electrons. The fourth-order valence-corrected chi connectivity index (χ4v) is 5.98. The van der Waals surface area contributed by atoms with Crippen molar-refractivity contribution in [3.05, 3.63) is 11.7 Å². The first-order valence-corrected chi connectivity index (χ1v) is 9.06. The zero-order valence-electron chi connectivity index (χ0n) is 12.9. The van der Waals surface area contributed by atoms with Gasteiger partial charge < -0.3 is 4.52 Å². The van der Waals surface area contributed by atoms with E-state index in [9.17, 15) is 0 Å². The summed E-state index contributed by atoms with van der Waals surface area (Å²) in [6.45, 7) is 2.13. The van der Waals surface area contributed by atoms with E-state index in [2.05, 4.69) is 17.1 Å². The first-order chi connectivity index (χ1) is 10.2. The van der Waals surface area contributed by atoms with E-state index >= 15 is 0 Å². The van der Waals surface area contributed by atoms with Gasteiger partial charge >= 0.3 is 0 Å². The van der Waals surface area contributed by atoms with Crippen LogP contribution in [0.4, 0.5) is 0 Å².